The molecule has 0 atom stereocenters. The number of carbonyl (C=O) groups excluding carboxylic acids is 3. The molecule has 2 aliphatic heterocycles. The maximum Gasteiger partial charge on any atom is 0.418 e. The molecule has 3 amide bonds. The summed E-state index contributed by atoms with van der Waals surface area (Å²) < 4.78 is 4.68. The van der Waals surface area contributed by atoms with Gasteiger partial charge in [-0.25, -0.2) is 9.59 Å². The lowest BCUT2D eigenvalue weighted by Gasteiger charge is -2.32. The Labute approximate surface area is 130 Å². The van der Waals surface area contributed by atoms with E-state index in [4.69, 9.17) is 0 Å². The fourth-order valence-electron chi connectivity index (χ4n) is 2.57. The highest BCUT2D eigenvalue weighted by atomic mass is 16.6. The van der Waals surface area contributed by atoms with Crippen LogP contribution in [0, 0.1) is 0 Å². The summed E-state index contributed by atoms with van der Waals surface area (Å²) in [7, 11) is 2.02. The number of alkyl carbamates (subject to hydrolysis) is 1. The molecule has 0 aromatic carbocycles. The van der Waals surface area contributed by atoms with E-state index in [1.807, 2.05) is 7.05 Å². The van der Waals surface area contributed by atoms with Gasteiger partial charge in [-0.05, 0) is 19.9 Å². The van der Waals surface area contributed by atoms with E-state index in [9.17, 15) is 14.4 Å². The van der Waals surface area contributed by atoms with Gasteiger partial charge in [0.25, 0.3) is 0 Å². The lowest BCUT2D eigenvalue weighted by Crippen LogP contribution is -2.47. The lowest BCUT2D eigenvalue weighted by molar-refractivity contribution is -0.132. The minimum atomic E-state index is -0.789. The molecule has 0 spiro atoms. The number of amides is 3. The monoisotopic (exact) mass is 312 g/mol. The van der Waals surface area contributed by atoms with Crippen LogP contribution in [0.3, 0.4) is 0 Å². The summed E-state index contributed by atoms with van der Waals surface area (Å²) in [4.78, 5) is 40.5. The average molecular weight is 312 g/mol. The van der Waals surface area contributed by atoms with Crippen LogP contribution >= 0.6 is 0 Å². The normalized spacial score (nSPS) is 19.1. The minimum Gasteiger partial charge on any atom is -0.359 e. The number of hydrogen-bond donors (Lipinski definition) is 1. The number of nitrogens with zero attached hydrogens (tertiary/aromatic N) is 3. The van der Waals surface area contributed by atoms with E-state index in [-0.39, 0.29) is 18.9 Å². The van der Waals surface area contributed by atoms with Crippen molar-refractivity contribution >= 4 is 18.1 Å². The number of ether oxygens (including phenoxy) is 1. The second-order valence-corrected chi connectivity index (χ2v) is 5.71. The Kier molecular flexibility index (Phi) is 6.00. The van der Waals surface area contributed by atoms with Gasteiger partial charge in [0.05, 0.1) is 0 Å². The molecule has 2 fully saturated rings. The largest absolute Gasteiger partial charge is 0.418 e. The van der Waals surface area contributed by atoms with Crippen molar-refractivity contribution < 1.29 is 19.1 Å². The molecule has 0 saturated carbocycles. The molecule has 22 heavy (non-hydrogen) atoms. The van der Waals surface area contributed by atoms with E-state index in [2.05, 4.69) is 15.0 Å². The van der Waals surface area contributed by atoms with Crippen LogP contribution in [-0.2, 0) is 9.53 Å². The highest BCUT2D eigenvalue weighted by Gasteiger charge is 2.22. The molecule has 0 radical (unpaired) electrons. The zero-order valence-electron chi connectivity index (χ0n) is 13.0. The third kappa shape index (κ3) is 4.87. The Bertz CT molecular complexity index is 415. The summed E-state index contributed by atoms with van der Waals surface area (Å²) in [6, 6.07) is 0. The maximum atomic E-state index is 12.0. The summed E-state index contributed by atoms with van der Waals surface area (Å²) in [5.74, 6) is 0.0132. The quantitative estimate of drug-likeness (QED) is 0.747. The SMILES string of the molecule is CN1CCN(C(=O)CCNC(=O)OC(=O)N2CCCC2)CC1. The Morgan fingerprint density at radius 1 is 0.955 bits per heavy atom. The predicted octanol–water partition coefficient (Wildman–Crippen LogP) is 0.0925. The average Bonchev–Trinajstić information content (AvgIpc) is 3.02. The first-order chi connectivity index (χ1) is 10.6. The van der Waals surface area contributed by atoms with E-state index >= 15 is 0 Å². The van der Waals surface area contributed by atoms with Crippen LogP contribution in [0.15, 0.2) is 0 Å². The Morgan fingerprint density at radius 2 is 1.59 bits per heavy atom. The van der Waals surface area contributed by atoms with Gasteiger partial charge in [-0.3, -0.25) is 4.79 Å². The fourth-order valence-corrected chi connectivity index (χ4v) is 2.57. The second-order valence-electron chi connectivity index (χ2n) is 5.71. The van der Waals surface area contributed by atoms with Crippen molar-refractivity contribution in [3.63, 3.8) is 0 Å². The molecular weight excluding hydrogens is 288 g/mol. The highest BCUT2D eigenvalue weighted by Crippen LogP contribution is 2.08. The Morgan fingerprint density at radius 3 is 2.23 bits per heavy atom. The van der Waals surface area contributed by atoms with E-state index in [1.54, 1.807) is 4.90 Å². The van der Waals surface area contributed by atoms with Crippen LogP contribution in [0.2, 0.25) is 0 Å². The van der Waals surface area contributed by atoms with Gasteiger partial charge >= 0.3 is 12.2 Å². The molecule has 0 aromatic rings. The first-order valence-electron chi connectivity index (χ1n) is 7.77. The van der Waals surface area contributed by atoms with Crippen molar-refractivity contribution in [1.82, 2.24) is 20.0 Å². The van der Waals surface area contributed by atoms with Gasteiger partial charge in [0, 0.05) is 52.2 Å². The van der Waals surface area contributed by atoms with Gasteiger partial charge in [-0.2, -0.15) is 0 Å². The Hall–Kier alpha value is -1.83. The molecule has 8 heteroatoms. The van der Waals surface area contributed by atoms with Gasteiger partial charge in [0.15, 0.2) is 0 Å². The Balaban J connectivity index is 1.60. The molecule has 8 nitrogen and oxygen atoms in total. The number of hydrogen-bond acceptors (Lipinski definition) is 5. The molecule has 2 heterocycles. The minimum absolute atomic E-state index is 0.0132. The molecule has 2 rings (SSSR count). The fraction of sp³-hybridized carbons (Fsp3) is 0.786. The maximum absolute atomic E-state index is 12.0. The van der Waals surface area contributed by atoms with E-state index in [0.717, 1.165) is 25.9 Å². The standard InChI is InChI=1S/C14H24N4O4/c1-16-8-10-17(11-9-16)12(19)4-5-15-13(20)22-14(21)18-6-2-3-7-18/h2-11H2,1H3,(H,15,20). The molecule has 1 N–H and O–H groups in total. The third-order valence-corrected chi connectivity index (χ3v) is 4.01. The topological polar surface area (TPSA) is 82.2 Å². The zero-order valence-corrected chi connectivity index (χ0v) is 13.0. The van der Waals surface area contributed by atoms with Crippen molar-refractivity contribution in [1.29, 1.82) is 0 Å². The lowest BCUT2D eigenvalue weighted by atomic mass is 10.3. The number of likely N-dealkylation sites (tertiary alicyclic amines) is 1. The number of rotatable bonds is 3. The van der Waals surface area contributed by atoms with Gasteiger partial charge < -0.3 is 24.8 Å². The number of piperazine rings is 1. The van der Waals surface area contributed by atoms with Crippen molar-refractivity contribution in [2.24, 2.45) is 0 Å². The molecule has 2 saturated heterocycles. The molecular formula is C14H24N4O4. The number of carbonyl (C=O) groups is 3. The second kappa shape index (κ2) is 7.98. The summed E-state index contributed by atoms with van der Waals surface area (Å²) >= 11 is 0. The van der Waals surface area contributed by atoms with E-state index < -0.39 is 12.2 Å². The summed E-state index contributed by atoms with van der Waals surface area (Å²) in [5.41, 5.74) is 0. The molecule has 2 aliphatic rings. The van der Waals surface area contributed by atoms with Crippen LogP contribution in [0.25, 0.3) is 0 Å². The van der Waals surface area contributed by atoms with Crippen LogP contribution in [0.5, 0.6) is 0 Å². The van der Waals surface area contributed by atoms with Crippen molar-refractivity contribution in [2.45, 2.75) is 19.3 Å². The van der Waals surface area contributed by atoms with Crippen molar-refractivity contribution in [3.05, 3.63) is 0 Å². The van der Waals surface area contributed by atoms with Gasteiger partial charge in [-0.15, -0.1) is 0 Å². The predicted molar refractivity (Wildman–Crippen MR) is 79.4 cm³/mol. The van der Waals surface area contributed by atoms with Crippen LogP contribution < -0.4 is 5.32 Å². The first kappa shape index (κ1) is 16.5. The molecule has 0 unspecified atom stereocenters. The number of likely N-dealkylation sites (N-methyl/N-ethyl adjacent to an activating group) is 1. The summed E-state index contributed by atoms with van der Waals surface area (Å²) in [6.07, 6.45) is 0.701. The molecule has 0 aromatic heterocycles. The van der Waals surface area contributed by atoms with Crippen LogP contribution in [0.1, 0.15) is 19.3 Å². The van der Waals surface area contributed by atoms with Gasteiger partial charge in [0.1, 0.15) is 0 Å². The zero-order chi connectivity index (χ0) is 15.9. The van der Waals surface area contributed by atoms with Gasteiger partial charge in [-0.1, -0.05) is 0 Å². The molecule has 0 aliphatic carbocycles. The van der Waals surface area contributed by atoms with E-state index in [0.29, 0.717) is 26.2 Å². The van der Waals surface area contributed by atoms with Crippen LogP contribution in [0.4, 0.5) is 9.59 Å². The first-order valence-corrected chi connectivity index (χ1v) is 7.77. The highest BCUT2D eigenvalue weighted by molar-refractivity contribution is 5.84. The van der Waals surface area contributed by atoms with E-state index in [1.165, 1.54) is 4.90 Å². The smallest absolute Gasteiger partial charge is 0.359 e. The number of nitrogens with one attached hydrogen (secondary N) is 1. The molecule has 0 bridgehead atoms. The van der Waals surface area contributed by atoms with Crippen molar-refractivity contribution in [3.8, 4) is 0 Å². The summed E-state index contributed by atoms with van der Waals surface area (Å²) in [6.45, 7) is 4.61. The molecule has 124 valence electrons. The van der Waals surface area contributed by atoms with Crippen LogP contribution in [-0.4, -0.2) is 85.7 Å². The summed E-state index contributed by atoms with van der Waals surface area (Å²) in [5, 5.41) is 2.45. The van der Waals surface area contributed by atoms with Crippen molar-refractivity contribution in [2.75, 3.05) is 52.9 Å². The van der Waals surface area contributed by atoms with Gasteiger partial charge in [0.2, 0.25) is 5.91 Å². The third-order valence-electron chi connectivity index (χ3n) is 4.01.